The number of nitrogens with zero attached hydrogens (tertiary/aromatic N) is 1. The van der Waals surface area contributed by atoms with E-state index >= 15 is 0 Å². The minimum absolute atomic E-state index is 0.330. The van der Waals surface area contributed by atoms with Crippen LogP contribution in [0.3, 0.4) is 0 Å². The van der Waals surface area contributed by atoms with Gasteiger partial charge in [0.05, 0.1) is 18.4 Å². The Bertz CT molecular complexity index is 1020. The van der Waals surface area contributed by atoms with Crippen molar-refractivity contribution < 1.29 is 18.7 Å². The van der Waals surface area contributed by atoms with Crippen LogP contribution >= 0.6 is 22.7 Å². The van der Waals surface area contributed by atoms with E-state index < -0.39 is 5.97 Å². The van der Waals surface area contributed by atoms with Crippen LogP contribution in [0.1, 0.15) is 36.2 Å². The standard InChI is InChI=1S/C19H17FN2O3S2/c1-9-11(3)26-18(14(9)19(24)25-4)22-16(23)15-10(2)21-17(27-15)12-5-7-13(20)8-6-12/h5-8H,1-4H3,(H,22,23). The fourth-order valence-electron chi connectivity index (χ4n) is 2.55. The maximum Gasteiger partial charge on any atom is 0.341 e. The SMILES string of the molecule is COC(=O)c1c(NC(=O)c2sc(-c3ccc(F)cc3)nc2C)sc(C)c1C. The zero-order chi connectivity index (χ0) is 19.7. The van der Waals surface area contributed by atoms with Crippen molar-refractivity contribution in [1.82, 2.24) is 4.98 Å². The van der Waals surface area contributed by atoms with Gasteiger partial charge in [-0.2, -0.15) is 0 Å². The Morgan fingerprint density at radius 1 is 1.11 bits per heavy atom. The molecule has 3 aromatic rings. The molecule has 2 aromatic heterocycles. The van der Waals surface area contributed by atoms with Gasteiger partial charge in [-0.3, -0.25) is 4.79 Å². The summed E-state index contributed by atoms with van der Waals surface area (Å²) in [6.07, 6.45) is 0. The predicted molar refractivity (Wildman–Crippen MR) is 105 cm³/mol. The average Bonchev–Trinajstić information content (AvgIpc) is 3.15. The number of thiazole rings is 1. The van der Waals surface area contributed by atoms with Crippen LogP contribution in [0.5, 0.6) is 0 Å². The number of ether oxygens (including phenoxy) is 1. The zero-order valence-corrected chi connectivity index (χ0v) is 16.8. The van der Waals surface area contributed by atoms with Crippen LogP contribution in [-0.4, -0.2) is 24.0 Å². The summed E-state index contributed by atoms with van der Waals surface area (Å²) in [7, 11) is 1.31. The molecule has 0 aliphatic rings. The highest BCUT2D eigenvalue weighted by molar-refractivity contribution is 7.18. The Morgan fingerprint density at radius 3 is 2.41 bits per heavy atom. The number of aromatic nitrogens is 1. The molecule has 5 nitrogen and oxygen atoms in total. The molecule has 2 heterocycles. The van der Waals surface area contributed by atoms with Crippen LogP contribution < -0.4 is 5.32 Å². The van der Waals surface area contributed by atoms with Gasteiger partial charge < -0.3 is 10.1 Å². The van der Waals surface area contributed by atoms with Crippen molar-refractivity contribution in [2.75, 3.05) is 12.4 Å². The van der Waals surface area contributed by atoms with Gasteiger partial charge in [-0.05, 0) is 50.6 Å². The summed E-state index contributed by atoms with van der Waals surface area (Å²) in [6, 6.07) is 5.95. The second-order valence-electron chi connectivity index (χ2n) is 5.87. The van der Waals surface area contributed by atoms with Gasteiger partial charge in [0.2, 0.25) is 0 Å². The number of carbonyl (C=O) groups is 2. The minimum atomic E-state index is -0.486. The van der Waals surface area contributed by atoms with Gasteiger partial charge in [-0.25, -0.2) is 14.2 Å². The molecule has 3 rings (SSSR count). The molecule has 0 radical (unpaired) electrons. The molecule has 0 atom stereocenters. The summed E-state index contributed by atoms with van der Waals surface area (Å²) in [5, 5.41) is 3.89. The topological polar surface area (TPSA) is 68.3 Å². The van der Waals surface area contributed by atoms with E-state index in [1.54, 1.807) is 19.1 Å². The average molecular weight is 404 g/mol. The summed E-state index contributed by atoms with van der Waals surface area (Å²) in [6.45, 7) is 5.44. The number of rotatable bonds is 4. The number of halogens is 1. The number of carbonyl (C=O) groups excluding carboxylic acids is 2. The maximum absolute atomic E-state index is 13.1. The van der Waals surface area contributed by atoms with E-state index in [2.05, 4.69) is 10.3 Å². The molecule has 1 N–H and O–H groups in total. The molecular formula is C19H17FN2O3S2. The Morgan fingerprint density at radius 2 is 1.78 bits per heavy atom. The summed E-state index contributed by atoms with van der Waals surface area (Å²) in [4.78, 5) is 30.6. The molecule has 0 unspecified atom stereocenters. The quantitative estimate of drug-likeness (QED) is 0.623. The van der Waals surface area contributed by atoms with Crippen molar-refractivity contribution in [3.8, 4) is 10.6 Å². The van der Waals surface area contributed by atoms with Gasteiger partial charge in [-0.1, -0.05) is 0 Å². The second kappa shape index (κ2) is 7.58. The molecule has 1 amide bonds. The van der Waals surface area contributed by atoms with Gasteiger partial charge >= 0.3 is 5.97 Å². The first-order valence-electron chi connectivity index (χ1n) is 8.04. The van der Waals surface area contributed by atoms with Gasteiger partial charge in [0.15, 0.2) is 0 Å². The number of esters is 1. The molecule has 0 fully saturated rings. The molecular weight excluding hydrogens is 387 g/mol. The summed E-state index contributed by atoms with van der Waals surface area (Å²) in [5.74, 6) is -1.16. The Labute approximate surface area is 163 Å². The molecule has 0 aliphatic heterocycles. The lowest BCUT2D eigenvalue weighted by Gasteiger charge is -2.05. The fourth-order valence-corrected chi connectivity index (χ4v) is 4.56. The fraction of sp³-hybridized carbons (Fsp3) is 0.211. The number of benzene rings is 1. The minimum Gasteiger partial charge on any atom is -0.465 e. The van der Waals surface area contributed by atoms with Crippen LogP contribution in [0, 0.1) is 26.6 Å². The Hall–Kier alpha value is -2.58. The highest BCUT2D eigenvalue weighted by Gasteiger charge is 2.24. The van der Waals surface area contributed by atoms with Crippen molar-refractivity contribution in [2.24, 2.45) is 0 Å². The number of anilines is 1. The third-order valence-corrected chi connectivity index (χ3v) is 6.42. The zero-order valence-electron chi connectivity index (χ0n) is 15.2. The van der Waals surface area contributed by atoms with Crippen molar-refractivity contribution in [1.29, 1.82) is 0 Å². The lowest BCUT2D eigenvalue weighted by Crippen LogP contribution is -2.14. The molecule has 27 heavy (non-hydrogen) atoms. The normalized spacial score (nSPS) is 10.7. The molecule has 0 spiro atoms. The Kier molecular flexibility index (Phi) is 5.38. The number of hydrogen-bond donors (Lipinski definition) is 1. The molecule has 140 valence electrons. The number of aryl methyl sites for hydroxylation is 2. The molecule has 8 heteroatoms. The highest BCUT2D eigenvalue weighted by Crippen LogP contribution is 2.34. The largest absolute Gasteiger partial charge is 0.465 e. The summed E-state index contributed by atoms with van der Waals surface area (Å²) < 4.78 is 17.9. The molecule has 1 aromatic carbocycles. The molecule has 0 saturated carbocycles. The van der Waals surface area contributed by atoms with Gasteiger partial charge in [0.1, 0.15) is 20.7 Å². The van der Waals surface area contributed by atoms with Crippen molar-refractivity contribution in [3.05, 3.63) is 56.7 Å². The van der Waals surface area contributed by atoms with Crippen molar-refractivity contribution >= 4 is 39.6 Å². The lowest BCUT2D eigenvalue weighted by atomic mass is 10.1. The van der Waals surface area contributed by atoms with E-state index in [9.17, 15) is 14.0 Å². The summed E-state index contributed by atoms with van der Waals surface area (Å²) >= 11 is 2.55. The van der Waals surface area contributed by atoms with E-state index in [1.807, 2.05) is 13.8 Å². The third-order valence-electron chi connectivity index (χ3n) is 4.10. The van der Waals surface area contributed by atoms with Crippen LogP contribution in [0.25, 0.3) is 10.6 Å². The van der Waals surface area contributed by atoms with Crippen molar-refractivity contribution in [2.45, 2.75) is 20.8 Å². The second-order valence-corrected chi connectivity index (χ2v) is 8.10. The lowest BCUT2D eigenvalue weighted by molar-refractivity contribution is 0.0601. The van der Waals surface area contributed by atoms with E-state index in [0.717, 1.165) is 16.0 Å². The van der Waals surface area contributed by atoms with Crippen molar-refractivity contribution in [3.63, 3.8) is 0 Å². The first-order chi connectivity index (χ1) is 12.8. The Balaban J connectivity index is 1.91. The van der Waals surface area contributed by atoms with Crippen LogP contribution in [0.15, 0.2) is 24.3 Å². The number of thiophene rings is 1. The summed E-state index contributed by atoms with van der Waals surface area (Å²) in [5.41, 5.74) is 2.47. The predicted octanol–water partition coefficient (Wildman–Crippen LogP) is 4.97. The molecule has 0 aliphatic carbocycles. The smallest absolute Gasteiger partial charge is 0.341 e. The van der Waals surface area contributed by atoms with E-state index in [-0.39, 0.29) is 11.7 Å². The highest BCUT2D eigenvalue weighted by atomic mass is 32.1. The first-order valence-corrected chi connectivity index (χ1v) is 9.68. The third kappa shape index (κ3) is 3.77. The maximum atomic E-state index is 13.1. The molecule has 0 saturated heterocycles. The number of hydrogen-bond acceptors (Lipinski definition) is 6. The van der Waals surface area contributed by atoms with Crippen LogP contribution in [0.4, 0.5) is 9.39 Å². The monoisotopic (exact) mass is 404 g/mol. The first kappa shape index (κ1) is 19.2. The number of nitrogens with one attached hydrogen (secondary N) is 1. The van der Waals surface area contributed by atoms with E-state index in [0.29, 0.717) is 26.1 Å². The van der Waals surface area contributed by atoms with Gasteiger partial charge in [0, 0.05) is 10.4 Å². The van der Waals surface area contributed by atoms with E-state index in [1.165, 1.54) is 41.9 Å². The molecule has 0 bridgehead atoms. The van der Waals surface area contributed by atoms with Gasteiger partial charge in [-0.15, -0.1) is 22.7 Å². The number of amides is 1. The van der Waals surface area contributed by atoms with E-state index in [4.69, 9.17) is 4.74 Å². The van der Waals surface area contributed by atoms with Gasteiger partial charge in [0.25, 0.3) is 5.91 Å². The van der Waals surface area contributed by atoms with Crippen LogP contribution in [0.2, 0.25) is 0 Å². The van der Waals surface area contributed by atoms with Crippen LogP contribution in [-0.2, 0) is 4.74 Å². The number of methoxy groups -OCH3 is 1.